The zero-order chi connectivity index (χ0) is 20.1. The molecule has 2 aromatic carbocycles. The molecule has 28 heavy (non-hydrogen) atoms. The molecule has 0 spiro atoms. The number of aryl methyl sites for hydroxylation is 2. The summed E-state index contributed by atoms with van der Waals surface area (Å²) in [6.45, 7) is 4.05. The van der Waals surface area contributed by atoms with E-state index >= 15 is 0 Å². The number of carbonyl (C=O) groups excluding carboxylic acids is 1. The first-order valence-corrected chi connectivity index (χ1v) is 10.1. The molecule has 3 rings (SSSR count). The number of hydrogen-bond donors (Lipinski definition) is 2. The number of carbonyl (C=O) groups is 1. The molecule has 3 aromatic rings. The number of anilines is 3. The van der Waals surface area contributed by atoms with Gasteiger partial charge in [0.2, 0.25) is 11.0 Å². The van der Waals surface area contributed by atoms with Gasteiger partial charge in [0, 0.05) is 11.8 Å². The van der Waals surface area contributed by atoms with Crippen LogP contribution in [0.3, 0.4) is 0 Å². The lowest BCUT2D eigenvalue weighted by atomic mass is 10.1. The predicted molar refractivity (Wildman–Crippen MR) is 112 cm³/mol. The Labute approximate surface area is 169 Å². The van der Waals surface area contributed by atoms with Gasteiger partial charge in [-0.15, -0.1) is 10.2 Å². The van der Waals surface area contributed by atoms with E-state index in [1.54, 1.807) is 12.1 Å². The Kier molecular flexibility index (Phi) is 6.22. The van der Waals surface area contributed by atoms with Crippen molar-refractivity contribution in [3.05, 3.63) is 63.7 Å². The number of nitro groups is 1. The van der Waals surface area contributed by atoms with E-state index in [0.29, 0.717) is 9.47 Å². The molecule has 8 nitrogen and oxygen atoms in total. The topological polar surface area (TPSA) is 110 Å². The molecule has 0 radical (unpaired) electrons. The summed E-state index contributed by atoms with van der Waals surface area (Å²) in [5.41, 5.74) is 3.27. The Morgan fingerprint density at radius 3 is 2.71 bits per heavy atom. The molecule has 1 amide bonds. The molecule has 0 bridgehead atoms. The van der Waals surface area contributed by atoms with Crippen LogP contribution in [0.25, 0.3) is 0 Å². The summed E-state index contributed by atoms with van der Waals surface area (Å²) in [5, 5.41) is 25.6. The highest BCUT2D eigenvalue weighted by Crippen LogP contribution is 2.29. The Bertz CT molecular complexity index is 1020. The van der Waals surface area contributed by atoms with Gasteiger partial charge >= 0.3 is 0 Å². The van der Waals surface area contributed by atoms with Gasteiger partial charge in [-0.05, 0) is 31.5 Å². The Balaban J connectivity index is 1.57. The zero-order valence-corrected chi connectivity index (χ0v) is 16.8. The number of nitro benzene ring substituents is 1. The Hall–Kier alpha value is -2.98. The average molecular weight is 416 g/mol. The van der Waals surface area contributed by atoms with Crippen molar-refractivity contribution in [2.24, 2.45) is 0 Å². The minimum absolute atomic E-state index is 0.0737. The molecule has 0 saturated heterocycles. The molecule has 0 aliphatic rings. The van der Waals surface area contributed by atoms with Crippen molar-refractivity contribution >= 4 is 51.2 Å². The van der Waals surface area contributed by atoms with Crippen LogP contribution in [0.2, 0.25) is 0 Å². The van der Waals surface area contributed by atoms with Crippen molar-refractivity contribution in [1.82, 2.24) is 10.2 Å². The fraction of sp³-hybridized carbons (Fsp3) is 0.167. The lowest BCUT2D eigenvalue weighted by Crippen LogP contribution is -2.15. The summed E-state index contributed by atoms with van der Waals surface area (Å²) >= 11 is 2.56. The standard InChI is InChI=1S/C18H17N5O3S2/c1-11-7-8-13(12(2)9-11)20-17-21-22-18(28-17)27-10-16(24)19-14-5-3-4-6-15(14)23(25)26/h3-9H,10H2,1-2H3,(H,19,24)(H,20,21). The summed E-state index contributed by atoms with van der Waals surface area (Å²) in [5.74, 6) is -0.275. The highest BCUT2D eigenvalue weighted by molar-refractivity contribution is 8.01. The third-order valence-corrected chi connectivity index (χ3v) is 5.70. The molecule has 0 aliphatic carbocycles. The van der Waals surface area contributed by atoms with Gasteiger partial charge < -0.3 is 10.6 Å². The summed E-state index contributed by atoms with van der Waals surface area (Å²) < 4.78 is 0.630. The fourth-order valence-electron chi connectivity index (χ4n) is 2.44. The molecular formula is C18H17N5O3S2. The van der Waals surface area contributed by atoms with Crippen LogP contribution in [0.4, 0.5) is 22.2 Å². The highest BCUT2D eigenvalue weighted by Gasteiger charge is 2.15. The molecule has 0 fully saturated rings. The van der Waals surface area contributed by atoms with Crippen LogP contribution >= 0.6 is 23.1 Å². The molecule has 1 heterocycles. The van der Waals surface area contributed by atoms with Gasteiger partial charge in [0.15, 0.2) is 4.34 Å². The van der Waals surface area contributed by atoms with Crippen LogP contribution in [0, 0.1) is 24.0 Å². The second-order valence-electron chi connectivity index (χ2n) is 5.93. The van der Waals surface area contributed by atoms with E-state index in [0.717, 1.165) is 11.3 Å². The molecule has 0 atom stereocenters. The zero-order valence-electron chi connectivity index (χ0n) is 15.1. The molecule has 0 saturated carbocycles. The SMILES string of the molecule is Cc1ccc(Nc2nnc(SCC(=O)Nc3ccccc3[N+](=O)[O-])s2)c(C)c1. The number of amides is 1. The van der Waals surface area contributed by atoms with Crippen LogP contribution in [0.1, 0.15) is 11.1 Å². The number of para-hydroxylation sites is 2. The minimum atomic E-state index is -0.529. The van der Waals surface area contributed by atoms with Gasteiger partial charge in [-0.3, -0.25) is 14.9 Å². The maximum Gasteiger partial charge on any atom is 0.292 e. The molecule has 1 aromatic heterocycles. The summed E-state index contributed by atoms with van der Waals surface area (Å²) in [6.07, 6.45) is 0. The van der Waals surface area contributed by atoms with Gasteiger partial charge in [0.25, 0.3) is 5.69 Å². The number of rotatable bonds is 7. The molecule has 144 valence electrons. The second kappa shape index (κ2) is 8.81. The van der Waals surface area contributed by atoms with Crippen molar-refractivity contribution in [2.45, 2.75) is 18.2 Å². The van der Waals surface area contributed by atoms with Crippen molar-refractivity contribution in [1.29, 1.82) is 0 Å². The summed E-state index contributed by atoms with van der Waals surface area (Å²) in [7, 11) is 0. The van der Waals surface area contributed by atoms with Crippen molar-refractivity contribution in [3.8, 4) is 0 Å². The van der Waals surface area contributed by atoms with Gasteiger partial charge in [0.05, 0.1) is 10.7 Å². The maximum absolute atomic E-state index is 12.1. The number of nitrogens with zero attached hydrogens (tertiary/aromatic N) is 3. The van der Waals surface area contributed by atoms with E-state index in [9.17, 15) is 14.9 Å². The number of hydrogen-bond acceptors (Lipinski definition) is 8. The lowest BCUT2D eigenvalue weighted by molar-refractivity contribution is -0.383. The first kappa shape index (κ1) is 19.8. The highest BCUT2D eigenvalue weighted by atomic mass is 32.2. The predicted octanol–water partition coefficient (Wildman–Crippen LogP) is 4.54. The van der Waals surface area contributed by atoms with E-state index in [4.69, 9.17) is 0 Å². The third-order valence-electron chi connectivity index (χ3n) is 3.73. The summed E-state index contributed by atoms with van der Waals surface area (Å²) in [4.78, 5) is 22.6. The Morgan fingerprint density at radius 1 is 1.18 bits per heavy atom. The molecule has 0 aliphatic heterocycles. The van der Waals surface area contributed by atoms with Gasteiger partial charge in [-0.25, -0.2) is 0 Å². The van der Waals surface area contributed by atoms with Crippen LogP contribution in [-0.2, 0) is 4.79 Å². The van der Waals surface area contributed by atoms with Crippen LogP contribution < -0.4 is 10.6 Å². The molecule has 0 unspecified atom stereocenters. The molecule has 2 N–H and O–H groups in total. The quantitative estimate of drug-likeness (QED) is 0.331. The number of thioether (sulfide) groups is 1. The van der Waals surface area contributed by atoms with Gasteiger partial charge in [-0.2, -0.15) is 0 Å². The van der Waals surface area contributed by atoms with Crippen molar-refractivity contribution < 1.29 is 9.72 Å². The monoisotopic (exact) mass is 415 g/mol. The average Bonchev–Trinajstić information content (AvgIpc) is 3.10. The van der Waals surface area contributed by atoms with Crippen molar-refractivity contribution in [2.75, 3.05) is 16.4 Å². The van der Waals surface area contributed by atoms with Gasteiger partial charge in [0.1, 0.15) is 5.69 Å². The summed E-state index contributed by atoms with van der Waals surface area (Å²) in [6, 6.07) is 12.1. The van der Waals surface area contributed by atoms with E-state index < -0.39 is 4.92 Å². The molecule has 10 heteroatoms. The largest absolute Gasteiger partial charge is 0.330 e. The van der Waals surface area contributed by atoms with E-state index in [1.165, 1.54) is 40.8 Å². The first-order chi connectivity index (χ1) is 13.4. The smallest absolute Gasteiger partial charge is 0.292 e. The Morgan fingerprint density at radius 2 is 1.96 bits per heavy atom. The number of aromatic nitrogens is 2. The second-order valence-corrected chi connectivity index (χ2v) is 8.13. The minimum Gasteiger partial charge on any atom is -0.330 e. The van der Waals surface area contributed by atoms with Crippen LogP contribution in [0.5, 0.6) is 0 Å². The maximum atomic E-state index is 12.1. The fourth-order valence-corrected chi connectivity index (χ4v) is 4.00. The van der Waals surface area contributed by atoms with Crippen LogP contribution in [0.15, 0.2) is 46.8 Å². The van der Waals surface area contributed by atoms with Crippen LogP contribution in [-0.4, -0.2) is 26.8 Å². The van der Waals surface area contributed by atoms with Gasteiger partial charge in [-0.1, -0.05) is 52.9 Å². The number of benzene rings is 2. The van der Waals surface area contributed by atoms with E-state index in [-0.39, 0.29) is 23.0 Å². The molecular weight excluding hydrogens is 398 g/mol. The number of nitrogens with one attached hydrogen (secondary N) is 2. The third kappa shape index (κ3) is 5.05. The first-order valence-electron chi connectivity index (χ1n) is 8.26. The lowest BCUT2D eigenvalue weighted by Gasteiger charge is -2.06. The van der Waals surface area contributed by atoms with E-state index in [1.807, 2.05) is 26.0 Å². The normalized spacial score (nSPS) is 10.5. The van der Waals surface area contributed by atoms with E-state index in [2.05, 4.69) is 26.9 Å². The van der Waals surface area contributed by atoms with Crippen molar-refractivity contribution in [3.63, 3.8) is 0 Å².